The second-order valence-corrected chi connectivity index (χ2v) is 8.19. The van der Waals surface area contributed by atoms with E-state index in [0.717, 1.165) is 22.0 Å². The molecule has 1 aromatic heterocycles. The van der Waals surface area contributed by atoms with Gasteiger partial charge in [0.25, 0.3) is 0 Å². The van der Waals surface area contributed by atoms with Crippen molar-refractivity contribution in [1.82, 2.24) is 0 Å². The second kappa shape index (κ2) is 8.43. The Morgan fingerprint density at radius 3 is 2.45 bits per heavy atom. The summed E-state index contributed by atoms with van der Waals surface area (Å²) in [5, 5.41) is 14.4. The lowest BCUT2D eigenvalue weighted by atomic mass is 9.94. The van der Waals surface area contributed by atoms with Crippen LogP contribution >= 0.6 is 11.3 Å². The number of thiazole rings is 1. The van der Waals surface area contributed by atoms with Gasteiger partial charge < -0.3 is 14.6 Å². The van der Waals surface area contributed by atoms with Gasteiger partial charge in [-0.1, -0.05) is 42.5 Å². The fourth-order valence-corrected chi connectivity index (χ4v) is 5.01. The van der Waals surface area contributed by atoms with Gasteiger partial charge in [-0.2, -0.15) is 0 Å². The molecule has 1 aliphatic heterocycles. The first kappa shape index (κ1) is 20.9. The smallest absolute Gasteiger partial charge is 0.342 e. The summed E-state index contributed by atoms with van der Waals surface area (Å²) in [5.74, 6) is 0.156. The van der Waals surface area contributed by atoms with Crippen molar-refractivity contribution in [2.45, 2.75) is 19.9 Å². The van der Waals surface area contributed by atoms with Crippen molar-refractivity contribution in [2.75, 3.05) is 25.7 Å². The van der Waals surface area contributed by atoms with E-state index >= 15 is 0 Å². The number of esters is 1. The third kappa shape index (κ3) is 3.55. The number of ether oxygens (including phenoxy) is 2. The van der Waals surface area contributed by atoms with E-state index in [4.69, 9.17) is 9.47 Å². The van der Waals surface area contributed by atoms with Gasteiger partial charge in [0.15, 0.2) is 6.04 Å². The Morgan fingerprint density at radius 1 is 1.16 bits per heavy atom. The van der Waals surface area contributed by atoms with Crippen molar-refractivity contribution in [3.8, 4) is 22.1 Å². The molecule has 1 unspecified atom stereocenters. The zero-order chi connectivity index (χ0) is 22.1. The first-order valence-electron chi connectivity index (χ1n) is 10.0. The van der Waals surface area contributed by atoms with Crippen LogP contribution in [-0.2, 0) is 9.53 Å². The molecule has 1 atom stereocenters. The van der Waals surface area contributed by atoms with Gasteiger partial charge in [-0.25, -0.2) is 14.3 Å². The summed E-state index contributed by atoms with van der Waals surface area (Å²) in [7, 11) is 3.47. The molecule has 0 fully saturated rings. The first-order chi connectivity index (χ1) is 15.0. The molecule has 6 nitrogen and oxygen atoms in total. The Morgan fingerprint density at radius 2 is 1.84 bits per heavy atom. The summed E-state index contributed by atoms with van der Waals surface area (Å²) in [6, 6.07) is 16.5. The van der Waals surface area contributed by atoms with Crippen molar-refractivity contribution >= 4 is 22.4 Å². The minimum absolute atomic E-state index is 0.131. The summed E-state index contributed by atoms with van der Waals surface area (Å²) < 4.78 is 12.4. The van der Waals surface area contributed by atoms with Crippen LogP contribution < -0.4 is 19.3 Å². The van der Waals surface area contributed by atoms with Crippen molar-refractivity contribution in [3.63, 3.8) is 0 Å². The molecule has 4 rings (SSSR count). The second-order valence-electron chi connectivity index (χ2n) is 7.21. The standard InChI is InChI=1S/C24H24N2O4S/c1-5-30-23(28)19-15(2)25(3)24-26(20(19)16-11-13-18(29-4)14-12-16)22(27)21(31-24)17-9-7-6-8-10-17/h6-14,20H,5H2,1-4H3. The molecular formula is C24H24N2O4S. The van der Waals surface area contributed by atoms with Crippen molar-refractivity contribution < 1.29 is 23.9 Å². The molecule has 3 aromatic rings. The molecule has 160 valence electrons. The van der Waals surface area contributed by atoms with E-state index < -0.39 is 12.0 Å². The van der Waals surface area contributed by atoms with Gasteiger partial charge in [-0.15, -0.1) is 0 Å². The number of anilines is 1. The molecule has 2 heterocycles. The van der Waals surface area contributed by atoms with E-state index in [-0.39, 0.29) is 12.5 Å². The van der Waals surface area contributed by atoms with Gasteiger partial charge in [0.1, 0.15) is 17.0 Å². The largest absolute Gasteiger partial charge is 0.841 e. The van der Waals surface area contributed by atoms with E-state index in [1.54, 1.807) is 18.6 Å². The van der Waals surface area contributed by atoms with Crippen LogP contribution in [0.2, 0.25) is 0 Å². The predicted molar refractivity (Wildman–Crippen MR) is 118 cm³/mol. The average molecular weight is 437 g/mol. The molecule has 0 bridgehead atoms. The minimum Gasteiger partial charge on any atom is -0.841 e. The summed E-state index contributed by atoms with van der Waals surface area (Å²) in [4.78, 5) is 15.5. The third-order valence-corrected chi connectivity index (χ3v) is 6.75. The van der Waals surface area contributed by atoms with Crippen LogP contribution in [0.3, 0.4) is 0 Å². The van der Waals surface area contributed by atoms with E-state index in [1.807, 2.05) is 73.5 Å². The fraction of sp³-hybridized carbons (Fsp3) is 0.250. The van der Waals surface area contributed by atoms with Crippen LogP contribution in [0, 0.1) is 0 Å². The van der Waals surface area contributed by atoms with Crippen LogP contribution in [0.5, 0.6) is 11.6 Å². The Bertz CT molecular complexity index is 1140. The highest BCUT2D eigenvalue weighted by Gasteiger charge is 2.43. The molecule has 1 aliphatic rings. The number of fused-ring (bicyclic) bond motifs is 1. The molecule has 2 aromatic carbocycles. The van der Waals surface area contributed by atoms with Gasteiger partial charge >= 0.3 is 11.1 Å². The van der Waals surface area contributed by atoms with E-state index in [0.29, 0.717) is 16.2 Å². The number of hydrogen-bond acceptors (Lipinski definition) is 6. The number of allylic oxidation sites excluding steroid dienone is 1. The summed E-state index contributed by atoms with van der Waals surface area (Å²) in [6.45, 7) is 3.92. The molecule has 0 aliphatic carbocycles. The van der Waals surface area contributed by atoms with Gasteiger partial charge in [-0.3, -0.25) is 0 Å². The number of benzene rings is 2. The number of hydrogen-bond donors (Lipinski definition) is 0. The molecular weight excluding hydrogens is 412 g/mol. The van der Waals surface area contributed by atoms with Crippen LogP contribution in [0.25, 0.3) is 10.4 Å². The number of aromatic nitrogens is 1. The molecule has 0 spiro atoms. The normalized spacial score (nSPS) is 15.6. The molecule has 31 heavy (non-hydrogen) atoms. The highest BCUT2D eigenvalue weighted by atomic mass is 32.1. The SMILES string of the molecule is CCOC(=O)C1=C(C)N(C)c2sc(-c3ccccc3)c([O-])[n+]2C1c1ccc(OC)cc1. The Hall–Kier alpha value is -3.32. The maximum Gasteiger partial charge on any atom is 0.342 e. The maximum atomic E-state index is 13.6. The van der Waals surface area contributed by atoms with E-state index in [2.05, 4.69) is 0 Å². The fourth-order valence-electron chi connectivity index (χ4n) is 3.83. The zero-order valence-corrected chi connectivity index (χ0v) is 18.7. The van der Waals surface area contributed by atoms with Crippen molar-refractivity contribution in [1.29, 1.82) is 0 Å². The molecule has 0 saturated carbocycles. The van der Waals surface area contributed by atoms with Gasteiger partial charge in [0, 0.05) is 5.56 Å². The average Bonchev–Trinajstić information content (AvgIpc) is 3.14. The maximum absolute atomic E-state index is 13.6. The van der Waals surface area contributed by atoms with Crippen LogP contribution in [0.15, 0.2) is 65.9 Å². The minimum atomic E-state index is -0.586. The highest BCUT2D eigenvalue weighted by Crippen LogP contribution is 2.43. The number of nitrogens with zero attached hydrogens (tertiary/aromatic N) is 2. The molecule has 0 amide bonds. The first-order valence-corrected chi connectivity index (χ1v) is 10.9. The van der Waals surface area contributed by atoms with Gasteiger partial charge in [0.2, 0.25) is 0 Å². The third-order valence-electron chi connectivity index (χ3n) is 5.49. The van der Waals surface area contributed by atoms with Crippen molar-refractivity contribution in [2.24, 2.45) is 0 Å². The van der Waals surface area contributed by atoms with Crippen LogP contribution in [0.4, 0.5) is 5.13 Å². The predicted octanol–water partition coefficient (Wildman–Crippen LogP) is 3.66. The van der Waals surface area contributed by atoms with Gasteiger partial charge in [0.05, 0.1) is 31.5 Å². The van der Waals surface area contributed by atoms with Crippen LogP contribution in [-0.4, -0.2) is 26.7 Å². The monoisotopic (exact) mass is 436 g/mol. The summed E-state index contributed by atoms with van der Waals surface area (Å²) in [5.41, 5.74) is 2.90. The number of carbonyl (C=O) groups is 1. The summed E-state index contributed by atoms with van der Waals surface area (Å²) >= 11 is 1.43. The molecule has 0 radical (unpaired) electrons. The number of rotatable bonds is 5. The van der Waals surface area contributed by atoms with Gasteiger partial charge in [-0.05, 0) is 42.9 Å². The summed E-state index contributed by atoms with van der Waals surface area (Å²) in [6.07, 6.45) is 0. The van der Waals surface area contributed by atoms with E-state index in [9.17, 15) is 9.90 Å². The molecule has 0 saturated heterocycles. The molecule has 0 N–H and O–H groups in total. The Labute approximate surface area is 185 Å². The Kier molecular flexibility index (Phi) is 5.69. The lowest BCUT2D eigenvalue weighted by molar-refractivity contribution is -0.728. The highest BCUT2D eigenvalue weighted by molar-refractivity contribution is 7.18. The van der Waals surface area contributed by atoms with E-state index in [1.165, 1.54) is 11.3 Å². The number of carbonyl (C=O) groups excluding carboxylic acids is 1. The quantitative estimate of drug-likeness (QED) is 0.451. The van der Waals surface area contributed by atoms with Crippen molar-refractivity contribution in [3.05, 3.63) is 71.4 Å². The lowest BCUT2D eigenvalue weighted by Gasteiger charge is -2.29. The topological polar surface area (TPSA) is 65.7 Å². The number of methoxy groups -OCH3 is 1. The van der Waals surface area contributed by atoms with Crippen LogP contribution in [0.1, 0.15) is 25.5 Å². The Balaban J connectivity index is 1.95. The lowest BCUT2D eigenvalue weighted by Crippen LogP contribution is -2.51. The molecule has 7 heteroatoms. The zero-order valence-electron chi connectivity index (χ0n) is 17.9.